The molecule has 13 heteroatoms. The highest BCUT2D eigenvalue weighted by molar-refractivity contribution is 5.91. The predicted molar refractivity (Wildman–Crippen MR) is 175 cm³/mol. The third kappa shape index (κ3) is 10.3. The Morgan fingerprint density at radius 1 is 0.896 bits per heavy atom. The van der Waals surface area contributed by atoms with Gasteiger partial charge < -0.3 is 54.1 Å². The summed E-state index contributed by atoms with van der Waals surface area (Å²) in [6, 6.07) is -0.179. The number of carbonyl (C=O) groups is 2. The molecule has 13 nitrogen and oxygen atoms in total. The highest BCUT2D eigenvalue weighted by Gasteiger charge is 2.45. The van der Waals surface area contributed by atoms with E-state index < -0.39 is 79.4 Å². The van der Waals surface area contributed by atoms with Gasteiger partial charge in [-0.1, -0.05) is 45.9 Å². The monoisotopic (exact) mass is 683 g/mol. The van der Waals surface area contributed by atoms with E-state index in [-0.39, 0.29) is 36.2 Å². The van der Waals surface area contributed by atoms with E-state index in [4.69, 9.17) is 23.7 Å². The van der Waals surface area contributed by atoms with Crippen molar-refractivity contribution in [2.75, 3.05) is 20.7 Å². The van der Waals surface area contributed by atoms with Crippen LogP contribution in [-0.2, 0) is 33.3 Å². The van der Waals surface area contributed by atoms with Crippen LogP contribution in [0.5, 0.6) is 0 Å². The first-order valence-corrected chi connectivity index (χ1v) is 17.0. The number of aliphatic hydroxyl groups excluding tert-OH is 4. The van der Waals surface area contributed by atoms with Crippen LogP contribution in [0.4, 0.5) is 0 Å². The van der Waals surface area contributed by atoms with Crippen LogP contribution in [-0.4, -0.2) is 136 Å². The Kier molecular flexibility index (Phi) is 14.9. The summed E-state index contributed by atoms with van der Waals surface area (Å²) in [7, 11) is 3.79. The zero-order valence-corrected chi connectivity index (χ0v) is 29.4. The lowest BCUT2D eigenvalue weighted by atomic mass is 9.84. The Morgan fingerprint density at radius 3 is 2.23 bits per heavy atom. The minimum absolute atomic E-state index is 0.144. The Hall–Kier alpha value is -2.04. The van der Waals surface area contributed by atoms with Gasteiger partial charge in [0.25, 0.3) is 0 Å². The molecule has 2 fully saturated rings. The van der Waals surface area contributed by atoms with Crippen LogP contribution in [0.15, 0.2) is 36.5 Å². The molecule has 0 bridgehead atoms. The molecule has 0 unspecified atom stereocenters. The number of ether oxygens (including phenoxy) is 5. The number of hydrogen-bond acceptors (Lipinski definition) is 13. The van der Waals surface area contributed by atoms with Gasteiger partial charge in [0, 0.05) is 24.0 Å². The second kappa shape index (κ2) is 17.8. The maximum Gasteiger partial charge on any atom is 0.330 e. The van der Waals surface area contributed by atoms with Crippen LogP contribution in [0.1, 0.15) is 60.8 Å². The van der Waals surface area contributed by atoms with Gasteiger partial charge in [-0.25, -0.2) is 4.79 Å². The molecule has 3 rings (SSSR count). The van der Waals surface area contributed by atoms with E-state index in [0.29, 0.717) is 12.8 Å². The molecule has 3 aliphatic heterocycles. The smallest absolute Gasteiger partial charge is 0.330 e. The van der Waals surface area contributed by atoms with Gasteiger partial charge in [0.05, 0.1) is 24.9 Å². The van der Waals surface area contributed by atoms with Crippen LogP contribution in [0.25, 0.3) is 0 Å². The number of allylic oxidation sites excluding steroid dienone is 3. The molecule has 48 heavy (non-hydrogen) atoms. The molecule has 15 atom stereocenters. The maximum atomic E-state index is 13.2. The number of nitrogens with zero attached hydrogens (tertiary/aromatic N) is 1. The van der Waals surface area contributed by atoms with E-state index in [0.717, 1.165) is 0 Å². The van der Waals surface area contributed by atoms with E-state index >= 15 is 0 Å². The third-order valence-electron chi connectivity index (χ3n) is 9.62. The lowest BCUT2D eigenvalue weighted by Gasteiger charge is -2.43. The fourth-order valence-corrected chi connectivity index (χ4v) is 6.60. The number of ketones is 1. The number of esters is 1. The Bertz CT molecular complexity index is 1140. The first kappa shape index (κ1) is 40.4. The van der Waals surface area contributed by atoms with Gasteiger partial charge >= 0.3 is 5.97 Å². The van der Waals surface area contributed by atoms with Gasteiger partial charge in [-0.2, -0.15) is 0 Å². The number of rotatable bonds is 7. The Morgan fingerprint density at radius 2 is 1.58 bits per heavy atom. The largest absolute Gasteiger partial charge is 0.456 e. The molecule has 0 spiro atoms. The number of likely N-dealkylation sites (N-methyl/N-ethyl adjacent to an activating group) is 1. The number of carbonyl (C=O) groups excluding carboxylic acids is 2. The van der Waals surface area contributed by atoms with E-state index in [9.17, 15) is 35.1 Å². The summed E-state index contributed by atoms with van der Waals surface area (Å²) in [4.78, 5) is 28.2. The average Bonchev–Trinajstić information content (AvgIpc) is 3.03. The van der Waals surface area contributed by atoms with Gasteiger partial charge in [0.1, 0.15) is 36.1 Å². The fraction of sp³-hybridized carbons (Fsp3) is 0.771. The van der Waals surface area contributed by atoms with Crippen LogP contribution in [0, 0.1) is 17.8 Å². The third-order valence-corrected chi connectivity index (χ3v) is 9.62. The molecule has 3 aliphatic rings. The van der Waals surface area contributed by atoms with E-state index in [1.54, 1.807) is 13.0 Å². The highest BCUT2D eigenvalue weighted by atomic mass is 16.7. The second-order valence-electron chi connectivity index (χ2n) is 13.9. The molecule has 0 saturated carbocycles. The van der Waals surface area contributed by atoms with E-state index in [1.165, 1.54) is 37.3 Å². The molecule has 2 saturated heterocycles. The summed E-state index contributed by atoms with van der Waals surface area (Å²) >= 11 is 0. The lowest BCUT2D eigenvalue weighted by Crippen LogP contribution is -2.58. The molecule has 274 valence electrons. The zero-order chi connectivity index (χ0) is 35.9. The maximum absolute atomic E-state index is 13.2. The lowest BCUT2D eigenvalue weighted by molar-refractivity contribution is -0.302. The highest BCUT2D eigenvalue weighted by Crippen LogP contribution is 2.32. The second-order valence-corrected chi connectivity index (χ2v) is 13.9. The summed E-state index contributed by atoms with van der Waals surface area (Å²) in [5, 5.41) is 53.5. The molecule has 3 heterocycles. The molecular weight excluding hydrogens is 626 g/mol. The number of aliphatic hydroxyl groups is 5. The minimum Gasteiger partial charge on any atom is -0.456 e. The average molecular weight is 684 g/mol. The molecule has 0 amide bonds. The van der Waals surface area contributed by atoms with E-state index in [2.05, 4.69) is 0 Å². The van der Waals surface area contributed by atoms with Crippen molar-refractivity contribution in [1.29, 1.82) is 0 Å². The van der Waals surface area contributed by atoms with Crippen molar-refractivity contribution in [3.63, 3.8) is 0 Å². The van der Waals surface area contributed by atoms with Crippen molar-refractivity contribution in [3.8, 4) is 0 Å². The quantitative estimate of drug-likeness (QED) is 0.242. The van der Waals surface area contributed by atoms with Crippen LogP contribution in [0.3, 0.4) is 0 Å². The normalized spacial score (nSPS) is 45.8. The fourth-order valence-electron chi connectivity index (χ4n) is 6.60. The molecule has 0 aliphatic carbocycles. The van der Waals surface area contributed by atoms with Gasteiger partial charge in [-0.15, -0.1) is 0 Å². The summed E-state index contributed by atoms with van der Waals surface area (Å²) in [5.41, 5.74) is -1.94. The SMILES string of the molecule is CC[C@H]1OC(=O)/C=C\[C@H](C)[C@@H](O[C@@H]2O[C@@H](C)C[C@H](N(C)C)[C@H]2O)[C@@H](C)C[C@@H](C)C(=O)/C=C\C=C/[C@]1(O)CO[C@H]1O[C@H](C)[C@@H](O)[C@H](O)[C@H]1O. The van der Waals surface area contributed by atoms with Crippen molar-refractivity contribution in [3.05, 3.63) is 36.5 Å². The van der Waals surface area contributed by atoms with Crippen LogP contribution < -0.4 is 0 Å². The van der Waals surface area contributed by atoms with Crippen molar-refractivity contribution in [2.45, 2.75) is 134 Å². The van der Waals surface area contributed by atoms with Crippen LogP contribution in [0.2, 0.25) is 0 Å². The summed E-state index contributed by atoms with van der Waals surface area (Å²) < 4.78 is 29.4. The summed E-state index contributed by atoms with van der Waals surface area (Å²) in [5.74, 6) is -1.81. The topological polar surface area (TPSA) is 185 Å². The first-order valence-electron chi connectivity index (χ1n) is 17.0. The number of hydrogen-bond donors (Lipinski definition) is 5. The standard InChI is InChI=1S/C35H57NO12/c1-9-26-35(43,18-44-33-31(42)30(41)28(39)23(6)46-33)15-11-10-12-25(37)20(3)16-21(4)32(19(2)13-14-27(38)47-26)48-34-29(40)24(36(7)8)17-22(5)45-34/h10-15,19-24,26,28-34,39-43H,9,16-18H2,1-8H3/b12-10-,14-13-,15-11-/t19-,20+,21-,22-,23+,24-,26+,28+,29+,30-,31+,32+,33-,34-,35-/m0/s1. The molecule has 5 N–H and O–H groups in total. The summed E-state index contributed by atoms with van der Waals surface area (Å²) in [6.45, 7) is 10.3. The van der Waals surface area contributed by atoms with Crippen molar-refractivity contribution in [2.24, 2.45) is 17.8 Å². The summed E-state index contributed by atoms with van der Waals surface area (Å²) in [6.07, 6.45) is -0.557. The zero-order valence-electron chi connectivity index (χ0n) is 29.4. The van der Waals surface area contributed by atoms with Crippen molar-refractivity contribution >= 4 is 11.8 Å². The number of cyclic esters (lactones) is 1. The molecular formula is C35H57NO12. The van der Waals surface area contributed by atoms with E-state index in [1.807, 2.05) is 46.7 Å². The van der Waals surface area contributed by atoms with Crippen LogP contribution >= 0.6 is 0 Å². The van der Waals surface area contributed by atoms with Crippen molar-refractivity contribution < 1.29 is 58.8 Å². The van der Waals surface area contributed by atoms with Crippen molar-refractivity contribution in [1.82, 2.24) is 4.90 Å². The minimum atomic E-state index is -1.94. The van der Waals surface area contributed by atoms with Gasteiger partial charge in [0.15, 0.2) is 18.4 Å². The Labute approximate surface area is 284 Å². The van der Waals surface area contributed by atoms with Gasteiger partial charge in [-0.05, 0) is 65.3 Å². The molecule has 0 radical (unpaired) electrons. The van der Waals surface area contributed by atoms with Gasteiger partial charge in [-0.3, -0.25) is 4.79 Å². The first-order chi connectivity index (χ1) is 22.5. The Balaban J connectivity index is 1.88. The molecule has 0 aromatic carbocycles. The van der Waals surface area contributed by atoms with Gasteiger partial charge in [0.2, 0.25) is 0 Å². The molecule has 0 aromatic rings. The molecule has 0 aromatic heterocycles. The predicted octanol–water partition coefficient (Wildman–Crippen LogP) is 1.24.